The standard InChI is InChI=1S/C12H14FN3/c1-8(2)16-7-14-15-12(16)10-5-4-9(3)6-11(10)13/h4-8H,1-3H3. The van der Waals surface area contributed by atoms with Gasteiger partial charge in [-0.2, -0.15) is 0 Å². The summed E-state index contributed by atoms with van der Waals surface area (Å²) in [5.41, 5.74) is 1.40. The van der Waals surface area contributed by atoms with Gasteiger partial charge in [0.15, 0.2) is 5.82 Å². The maximum Gasteiger partial charge on any atom is 0.166 e. The van der Waals surface area contributed by atoms with Crippen LogP contribution >= 0.6 is 0 Å². The predicted octanol–water partition coefficient (Wildman–Crippen LogP) is 2.97. The van der Waals surface area contributed by atoms with Gasteiger partial charge in [0.1, 0.15) is 12.1 Å². The van der Waals surface area contributed by atoms with Crippen LogP contribution in [0.4, 0.5) is 4.39 Å². The third-order valence-corrected chi connectivity index (χ3v) is 2.49. The molecule has 0 unspecified atom stereocenters. The molecule has 0 aliphatic heterocycles. The van der Waals surface area contributed by atoms with Crippen molar-refractivity contribution in [3.05, 3.63) is 35.9 Å². The van der Waals surface area contributed by atoms with Gasteiger partial charge in [-0.15, -0.1) is 10.2 Å². The Morgan fingerprint density at radius 1 is 1.31 bits per heavy atom. The molecule has 0 saturated heterocycles. The highest BCUT2D eigenvalue weighted by Gasteiger charge is 2.13. The summed E-state index contributed by atoms with van der Waals surface area (Å²) < 4.78 is 15.6. The first-order valence-electron chi connectivity index (χ1n) is 5.25. The van der Waals surface area contributed by atoms with E-state index >= 15 is 0 Å². The van der Waals surface area contributed by atoms with Crippen molar-refractivity contribution in [2.45, 2.75) is 26.8 Å². The molecule has 2 aromatic rings. The average Bonchev–Trinajstić information content (AvgIpc) is 2.66. The van der Waals surface area contributed by atoms with Gasteiger partial charge < -0.3 is 4.57 Å². The third kappa shape index (κ3) is 1.83. The summed E-state index contributed by atoms with van der Waals surface area (Å²) in [6.45, 7) is 5.89. The number of aromatic nitrogens is 3. The molecule has 0 N–H and O–H groups in total. The van der Waals surface area contributed by atoms with Crippen molar-refractivity contribution >= 4 is 0 Å². The van der Waals surface area contributed by atoms with Crippen LogP contribution in [0.2, 0.25) is 0 Å². The highest BCUT2D eigenvalue weighted by atomic mass is 19.1. The van der Waals surface area contributed by atoms with Crippen LogP contribution in [0.3, 0.4) is 0 Å². The lowest BCUT2D eigenvalue weighted by Gasteiger charge is -2.10. The Morgan fingerprint density at radius 3 is 2.69 bits per heavy atom. The monoisotopic (exact) mass is 219 g/mol. The van der Waals surface area contributed by atoms with E-state index in [1.807, 2.05) is 31.4 Å². The van der Waals surface area contributed by atoms with Crippen molar-refractivity contribution in [3.8, 4) is 11.4 Å². The van der Waals surface area contributed by atoms with E-state index in [9.17, 15) is 4.39 Å². The van der Waals surface area contributed by atoms with E-state index in [0.29, 0.717) is 11.4 Å². The Bertz CT molecular complexity index is 503. The van der Waals surface area contributed by atoms with Gasteiger partial charge in [-0.05, 0) is 38.5 Å². The van der Waals surface area contributed by atoms with Crippen LogP contribution in [-0.4, -0.2) is 14.8 Å². The zero-order valence-electron chi connectivity index (χ0n) is 9.61. The lowest BCUT2D eigenvalue weighted by atomic mass is 10.1. The molecule has 0 fully saturated rings. The second-order valence-electron chi connectivity index (χ2n) is 4.14. The van der Waals surface area contributed by atoms with Gasteiger partial charge in [-0.3, -0.25) is 0 Å². The van der Waals surface area contributed by atoms with Crippen LogP contribution in [0.1, 0.15) is 25.5 Å². The molecule has 0 aliphatic carbocycles. The normalized spacial score (nSPS) is 11.1. The van der Waals surface area contributed by atoms with E-state index in [-0.39, 0.29) is 11.9 Å². The number of rotatable bonds is 2. The number of hydrogen-bond acceptors (Lipinski definition) is 2. The van der Waals surface area contributed by atoms with E-state index in [4.69, 9.17) is 0 Å². The molecule has 84 valence electrons. The number of aryl methyl sites for hydroxylation is 1. The van der Waals surface area contributed by atoms with Crippen LogP contribution in [0.5, 0.6) is 0 Å². The molecule has 0 amide bonds. The molecular formula is C12H14FN3. The fraction of sp³-hybridized carbons (Fsp3) is 0.333. The first-order valence-corrected chi connectivity index (χ1v) is 5.25. The van der Waals surface area contributed by atoms with Crippen LogP contribution in [-0.2, 0) is 0 Å². The summed E-state index contributed by atoms with van der Waals surface area (Å²) in [5.74, 6) is 0.322. The highest BCUT2D eigenvalue weighted by Crippen LogP contribution is 2.23. The fourth-order valence-electron chi connectivity index (χ4n) is 1.61. The molecule has 0 spiro atoms. The van der Waals surface area contributed by atoms with Crippen molar-refractivity contribution in [2.75, 3.05) is 0 Å². The molecule has 0 bridgehead atoms. The number of hydrogen-bond donors (Lipinski definition) is 0. The van der Waals surface area contributed by atoms with Crippen LogP contribution in [0.15, 0.2) is 24.5 Å². The summed E-state index contributed by atoms with van der Waals surface area (Å²) in [6.07, 6.45) is 1.62. The van der Waals surface area contributed by atoms with Crippen molar-refractivity contribution in [1.82, 2.24) is 14.8 Å². The first-order chi connectivity index (χ1) is 7.59. The summed E-state index contributed by atoms with van der Waals surface area (Å²) >= 11 is 0. The molecule has 0 radical (unpaired) electrons. The molecule has 0 saturated carbocycles. The van der Waals surface area contributed by atoms with Gasteiger partial charge in [-0.1, -0.05) is 6.07 Å². The van der Waals surface area contributed by atoms with E-state index in [1.54, 1.807) is 12.4 Å². The van der Waals surface area contributed by atoms with Crippen LogP contribution in [0.25, 0.3) is 11.4 Å². The number of benzene rings is 1. The topological polar surface area (TPSA) is 30.7 Å². The zero-order valence-corrected chi connectivity index (χ0v) is 9.61. The second kappa shape index (κ2) is 4.04. The Balaban J connectivity index is 2.54. The van der Waals surface area contributed by atoms with Gasteiger partial charge in [0, 0.05) is 6.04 Å². The molecular weight excluding hydrogens is 205 g/mol. The summed E-state index contributed by atoms with van der Waals surface area (Å²) in [6, 6.07) is 5.34. The lowest BCUT2D eigenvalue weighted by Crippen LogP contribution is -2.02. The SMILES string of the molecule is Cc1ccc(-c2nncn2C(C)C)c(F)c1. The van der Waals surface area contributed by atoms with E-state index in [2.05, 4.69) is 10.2 Å². The van der Waals surface area contributed by atoms with Gasteiger partial charge in [0.25, 0.3) is 0 Å². The average molecular weight is 219 g/mol. The Labute approximate surface area is 93.9 Å². The molecule has 1 aromatic carbocycles. The first kappa shape index (κ1) is 10.8. The van der Waals surface area contributed by atoms with Crippen LogP contribution < -0.4 is 0 Å². The molecule has 0 atom stereocenters. The minimum Gasteiger partial charge on any atom is -0.311 e. The van der Waals surface area contributed by atoms with Gasteiger partial charge in [-0.25, -0.2) is 4.39 Å². The summed E-state index contributed by atoms with van der Waals surface area (Å²) in [4.78, 5) is 0. The van der Waals surface area contributed by atoms with Crippen LogP contribution in [0, 0.1) is 12.7 Å². The van der Waals surface area contributed by atoms with Gasteiger partial charge >= 0.3 is 0 Å². The largest absolute Gasteiger partial charge is 0.311 e. The molecule has 4 heteroatoms. The van der Waals surface area contributed by atoms with Gasteiger partial charge in [0.2, 0.25) is 0 Å². The quantitative estimate of drug-likeness (QED) is 0.777. The summed E-state index contributed by atoms with van der Waals surface area (Å²) in [7, 11) is 0. The third-order valence-electron chi connectivity index (χ3n) is 2.49. The fourth-order valence-corrected chi connectivity index (χ4v) is 1.61. The van der Waals surface area contributed by atoms with E-state index in [1.165, 1.54) is 6.07 Å². The van der Waals surface area contributed by atoms with Crippen molar-refractivity contribution in [3.63, 3.8) is 0 Å². The predicted molar refractivity (Wildman–Crippen MR) is 60.5 cm³/mol. The molecule has 16 heavy (non-hydrogen) atoms. The molecule has 1 heterocycles. The highest BCUT2D eigenvalue weighted by molar-refractivity contribution is 5.56. The smallest absolute Gasteiger partial charge is 0.166 e. The molecule has 1 aromatic heterocycles. The second-order valence-corrected chi connectivity index (χ2v) is 4.14. The number of nitrogens with zero attached hydrogens (tertiary/aromatic N) is 3. The van der Waals surface area contributed by atoms with Crippen molar-refractivity contribution in [2.24, 2.45) is 0 Å². The number of halogens is 1. The Kier molecular flexibility index (Phi) is 2.73. The zero-order chi connectivity index (χ0) is 11.7. The Morgan fingerprint density at radius 2 is 2.06 bits per heavy atom. The lowest BCUT2D eigenvalue weighted by molar-refractivity contribution is 0.594. The van der Waals surface area contributed by atoms with E-state index in [0.717, 1.165) is 5.56 Å². The molecule has 2 rings (SSSR count). The minimum absolute atomic E-state index is 0.214. The molecule has 3 nitrogen and oxygen atoms in total. The van der Waals surface area contributed by atoms with E-state index < -0.39 is 0 Å². The summed E-state index contributed by atoms with van der Waals surface area (Å²) in [5, 5.41) is 7.80. The van der Waals surface area contributed by atoms with Crippen molar-refractivity contribution in [1.29, 1.82) is 0 Å². The maximum atomic E-state index is 13.8. The minimum atomic E-state index is -0.255. The Hall–Kier alpha value is -1.71. The van der Waals surface area contributed by atoms with Crippen molar-refractivity contribution < 1.29 is 4.39 Å². The molecule has 0 aliphatic rings. The maximum absolute atomic E-state index is 13.8. The van der Waals surface area contributed by atoms with Gasteiger partial charge in [0.05, 0.1) is 5.56 Å².